The second-order valence-electron chi connectivity index (χ2n) is 6.94. The van der Waals surface area contributed by atoms with Crippen LogP contribution >= 0.6 is 0 Å². The van der Waals surface area contributed by atoms with Gasteiger partial charge in [0.2, 0.25) is 0 Å². The summed E-state index contributed by atoms with van der Waals surface area (Å²) in [6, 6.07) is 22.6. The Balaban J connectivity index is 1.58. The van der Waals surface area contributed by atoms with Crippen LogP contribution in [-0.2, 0) is 19.7 Å². The molecule has 0 atom stereocenters. The summed E-state index contributed by atoms with van der Waals surface area (Å²) in [5.74, 6) is 2.42. The number of benzene rings is 3. The van der Waals surface area contributed by atoms with Crippen molar-refractivity contribution in [1.29, 1.82) is 0 Å². The molecule has 0 amide bonds. The first-order valence-corrected chi connectivity index (χ1v) is 9.95. The van der Waals surface area contributed by atoms with Crippen molar-refractivity contribution in [1.82, 2.24) is 5.32 Å². The molecule has 0 saturated carbocycles. The van der Waals surface area contributed by atoms with Gasteiger partial charge in [-0.05, 0) is 54.8 Å². The van der Waals surface area contributed by atoms with Crippen molar-refractivity contribution in [3.8, 4) is 17.2 Å². The van der Waals surface area contributed by atoms with Gasteiger partial charge in [0.1, 0.15) is 12.4 Å². The maximum absolute atomic E-state index is 6.01. The summed E-state index contributed by atoms with van der Waals surface area (Å²) in [5, 5.41) is 3.47. The maximum atomic E-state index is 6.01. The van der Waals surface area contributed by atoms with E-state index in [4.69, 9.17) is 14.2 Å². The Morgan fingerprint density at radius 3 is 2.07 bits per heavy atom. The van der Waals surface area contributed by atoms with Crippen LogP contribution in [0.5, 0.6) is 17.2 Å². The number of nitrogens with one attached hydrogen (secondary N) is 1. The second-order valence-corrected chi connectivity index (χ2v) is 6.94. The van der Waals surface area contributed by atoms with Gasteiger partial charge in [-0.25, -0.2) is 0 Å². The number of aryl methyl sites for hydroxylation is 1. The van der Waals surface area contributed by atoms with Crippen molar-refractivity contribution >= 4 is 0 Å². The molecule has 152 valence electrons. The molecule has 0 radical (unpaired) electrons. The van der Waals surface area contributed by atoms with Gasteiger partial charge in [0, 0.05) is 13.1 Å². The number of rotatable bonds is 10. The molecule has 3 aromatic rings. The summed E-state index contributed by atoms with van der Waals surface area (Å²) in [6.07, 6.45) is 0. The maximum Gasteiger partial charge on any atom is 0.161 e. The van der Waals surface area contributed by atoms with E-state index in [0.717, 1.165) is 41.5 Å². The van der Waals surface area contributed by atoms with Crippen LogP contribution < -0.4 is 19.5 Å². The van der Waals surface area contributed by atoms with Crippen molar-refractivity contribution < 1.29 is 14.2 Å². The third-order valence-corrected chi connectivity index (χ3v) is 4.64. The zero-order valence-corrected chi connectivity index (χ0v) is 17.4. The summed E-state index contributed by atoms with van der Waals surface area (Å²) < 4.78 is 17.0. The molecule has 0 unspecified atom stereocenters. The first-order valence-electron chi connectivity index (χ1n) is 9.95. The quantitative estimate of drug-likeness (QED) is 0.511. The smallest absolute Gasteiger partial charge is 0.161 e. The highest BCUT2D eigenvalue weighted by molar-refractivity contribution is 5.43. The number of hydrogen-bond acceptors (Lipinski definition) is 4. The average Bonchev–Trinajstić information content (AvgIpc) is 2.75. The minimum absolute atomic E-state index is 0.523. The first-order chi connectivity index (χ1) is 14.2. The Kier molecular flexibility index (Phi) is 7.54. The molecule has 3 rings (SSSR count). The zero-order valence-electron chi connectivity index (χ0n) is 17.4. The van der Waals surface area contributed by atoms with Crippen LogP contribution in [0.25, 0.3) is 0 Å². The van der Waals surface area contributed by atoms with Gasteiger partial charge in [0.15, 0.2) is 11.5 Å². The standard InChI is InChI=1S/C25H29NO3/c1-4-28-25-15-22(17-26-16-20-9-12-23(27-3)13-10-20)11-14-24(25)29-18-21-7-5-19(2)6-8-21/h5-15,26H,4,16-18H2,1-3H3. The van der Waals surface area contributed by atoms with Gasteiger partial charge in [-0.15, -0.1) is 0 Å². The lowest BCUT2D eigenvalue weighted by molar-refractivity contribution is 0.269. The number of ether oxygens (including phenoxy) is 3. The van der Waals surface area contributed by atoms with Gasteiger partial charge in [0.25, 0.3) is 0 Å². The van der Waals surface area contributed by atoms with Gasteiger partial charge in [-0.1, -0.05) is 48.0 Å². The monoisotopic (exact) mass is 391 g/mol. The van der Waals surface area contributed by atoms with Crippen LogP contribution in [0.4, 0.5) is 0 Å². The van der Waals surface area contributed by atoms with Crippen molar-refractivity contribution in [3.05, 3.63) is 89.0 Å². The first kappa shape index (κ1) is 20.7. The van der Waals surface area contributed by atoms with Gasteiger partial charge >= 0.3 is 0 Å². The lowest BCUT2D eigenvalue weighted by Crippen LogP contribution is -2.12. The van der Waals surface area contributed by atoms with Crippen LogP contribution in [0, 0.1) is 6.92 Å². The summed E-state index contributed by atoms with van der Waals surface area (Å²) in [6.45, 7) is 6.74. The molecular formula is C25H29NO3. The molecular weight excluding hydrogens is 362 g/mol. The van der Waals surface area contributed by atoms with Crippen molar-refractivity contribution in [2.24, 2.45) is 0 Å². The zero-order chi connectivity index (χ0) is 20.5. The van der Waals surface area contributed by atoms with E-state index in [1.807, 2.05) is 25.1 Å². The van der Waals surface area contributed by atoms with Gasteiger partial charge in [-0.3, -0.25) is 0 Å². The largest absolute Gasteiger partial charge is 0.497 e. The molecule has 0 saturated heterocycles. The minimum Gasteiger partial charge on any atom is -0.497 e. The highest BCUT2D eigenvalue weighted by Gasteiger charge is 2.07. The summed E-state index contributed by atoms with van der Waals surface area (Å²) >= 11 is 0. The van der Waals surface area contributed by atoms with Crippen LogP contribution in [0.1, 0.15) is 29.2 Å². The molecule has 1 N–H and O–H groups in total. The van der Waals surface area contributed by atoms with E-state index in [1.54, 1.807) is 7.11 Å². The Morgan fingerprint density at radius 2 is 1.38 bits per heavy atom. The molecule has 0 aromatic heterocycles. The predicted molar refractivity (Wildman–Crippen MR) is 117 cm³/mol. The SMILES string of the molecule is CCOc1cc(CNCc2ccc(OC)cc2)ccc1OCc1ccc(C)cc1. The predicted octanol–water partition coefficient (Wildman–Crippen LogP) is 5.27. The highest BCUT2D eigenvalue weighted by atomic mass is 16.5. The second kappa shape index (κ2) is 10.5. The molecule has 29 heavy (non-hydrogen) atoms. The highest BCUT2D eigenvalue weighted by Crippen LogP contribution is 2.29. The van der Waals surface area contributed by atoms with Crippen molar-refractivity contribution in [3.63, 3.8) is 0 Å². The van der Waals surface area contributed by atoms with Crippen LogP contribution in [0.2, 0.25) is 0 Å². The molecule has 0 aliphatic rings. The Bertz CT molecular complexity index is 889. The van der Waals surface area contributed by atoms with Crippen LogP contribution in [0.15, 0.2) is 66.7 Å². The average molecular weight is 392 g/mol. The van der Waals surface area contributed by atoms with E-state index in [0.29, 0.717) is 13.2 Å². The molecule has 0 spiro atoms. The number of hydrogen-bond donors (Lipinski definition) is 1. The summed E-state index contributed by atoms with van der Waals surface area (Å²) in [5.41, 5.74) is 4.76. The third kappa shape index (κ3) is 6.26. The van der Waals surface area contributed by atoms with E-state index >= 15 is 0 Å². The normalized spacial score (nSPS) is 10.6. The molecule has 4 nitrogen and oxygen atoms in total. The van der Waals surface area contributed by atoms with E-state index in [-0.39, 0.29) is 0 Å². The molecule has 4 heteroatoms. The summed E-state index contributed by atoms with van der Waals surface area (Å²) in [7, 11) is 1.68. The molecule has 0 heterocycles. The molecule has 3 aromatic carbocycles. The van der Waals surface area contributed by atoms with Crippen LogP contribution in [0.3, 0.4) is 0 Å². The molecule has 0 aliphatic heterocycles. The van der Waals surface area contributed by atoms with E-state index in [2.05, 4.69) is 60.8 Å². The Labute approximate surface area is 173 Å². The lowest BCUT2D eigenvalue weighted by Gasteiger charge is -2.14. The fourth-order valence-corrected chi connectivity index (χ4v) is 2.99. The van der Waals surface area contributed by atoms with E-state index < -0.39 is 0 Å². The van der Waals surface area contributed by atoms with Gasteiger partial charge in [0.05, 0.1) is 13.7 Å². The lowest BCUT2D eigenvalue weighted by atomic mass is 10.1. The fourth-order valence-electron chi connectivity index (χ4n) is 2.99. The number of methoxy groups -OCH3 is 1. The third-order valence-electron chi connectivity index (χ3n) is 4.64. The fraction of sp³-hybridized carbons (Fsp3) is 0.280. The van der Waals surface area contributed by atoms with E-state index in [9.17, 15) is 0 Å². The molecule has 0 aliphatic carbocycles. The summed E-state index contributed by atoms with van der Waals surface area (Å²) in [4.78, 5) is 0. The Morgan fingerprint density at radius 1 is 0.724 bits per heavy atom. The van der Waals surface area contributed by atoms with Gasteiger partial charge < -0.3 is 19.5 Å². The van der Waals surface area contributed by atoms with Crippen LogP contribution in [-0.4, -0.2) is 13.7 Å². The van der Waals surface area contributed by atoms with E-state index in [1.165, 1.54) is 11.1 Å². The van der Waals surface area contributed by atoms with Crippen molar-refractivity contribution in [2.75, 3.05) is 13.7 Å². The van der Waals surface area contributed by atoms with Crippen molar-refractivity contribution in [2.45, 2.75) is 33.5 Å². The van der Waals surface area contributed by atoms with Gasteiger partial charge in [-0.2, -0.15) is 0 Å². The molecule has 0 bridgehead atoms. The minimum atomic E-state index is 0.523. The topological polar surface area (TPSA) is 39.7 Å². The molecule has 0 fully saturated rings. The Hall–Kier alpha value is -2.98.